The zero-order valence-corrected chi connectivity index (χ0v) is 14.3. The number of para-hydroxylation sites is 1. The highest BCUT2D eigenvalue weighted by Gasteiger charge is 2.10. The third-order valence-electron chi connectivity index (χ3n) is 3.10. The highest BCUT2D eigenvalue weighted by molar-refractivity contribution is 8.03. The highest BCUT2D eigenvalue weighted by Crippen LogP contribution is 2.23. The normalized spacial score (nSPS) is 9.76. The molecule has 25 heavy (non-hydrogen) atoms. The molecule has 2 aromatic rings. The van der Waals surface area contributed by atoms with Gasteiger partial charge in [0, 0.05) is 10.6 Å². The van der Waals surface area contributed by atoms with Crippen LogP contribution in [0.1, 0.15) is 5.56 Å². The van der Waals surface area contributed by atoms with E-state index in [1.54, 1.807) is 42.5 Å². The minimum Gasteiger partial charge on any atom is -0.482 e. The Morgan fingerprint density at radius 3 is 2.60 bits per heavy atom. The maximum Gasteiger partial charge on any atom is 0.344 e. The van der Waals surface area contributed by atoms with Crippen molar-refractivity contribution in [3.63, 3.8) is 0 Å². The van der Waals surface area contributed by atoms with Crippen molar-refractivity contribution < 1.29 is 19.1 Å². The first-order valence-corrected chi connectivity index (χ1v) is 8.20. The minimum absolute atomic E-state index is 0.267. The molecule has 0 unspecified atom stereocenters. The molecule has 128 valence electrons. The number of nitrogens with zero attached hydrogens (tertiary/aromatic N) is 1. The summed E-state index contributed by atoms with van der Waals surface area (Å²) >= 11 is 1.04. The smallest absolute Gasteiger partial charge is 0.344 e. The van der Waals surface area contributed by atoms with E-state index in [0.29, 0.717) is 11.4 Å². The van der Waals surface area contributed by atoms with Crippen LogP contribution in [-0.4, -0.2) is 25.1 Å². The van der Waals surface area contributed by atoms with Gasteiger partial charge >= 0.3 is 5.97 Å². The molecule has 7 heteroatoms. The van der Waals surface area contributed by atoms with Crippen LogP contribution >= 0.6 is 11.8 Å². The van der Waals surface area contributed by atoms with E-state index >= 15 is 0 Å². The van der Waals surface area contributed by atoms with Crippen LogP contribution in [0.2, 0.25) is 0 Å². The molecule has 0 radical (unpaired) electrons. The maximum atomic E-state index is 11.9. The SMILES string of the molecule is Cc1cc(SC#N)ccc1NC(=O)COC(=O)COc1ccccc1. The lowest BCUT2D eigenvalue weighted by Gasteiger charge is -2.10. The molecule has 0 fully saturated rings. The van der Waals surface area contributed by atoms with Crippen LogP contribution in [-0.2, 0) is 14.3 Å². The summed E-state index contributed by atoms with van der Waals surface area (Å²) in [5.41, 5.74) is 1.41. The summed E-state index contributed by atoms with van der Waals surface area (Å²) in [6.07, 6.45) is 0. The average Bonchev–Trinajstić information content (AvgIpc) is 2.61. The molecule has 2 aromatic carbocycles. The molecule has 0 aliphatic carbocycles. The molecule has 6 nitrogen and oxygen atoms in total. The lowest BCUT2D eigenvalue weighted by molar-refractivity contribution is -0.149. The molecule has 0 spiro atoms. The van der Waals surface area contributed by atoms with Gasteiger partial charge in [0.1, 0.15) is 11.2 Å². The molecule has 1 amide bonds. The molecule has 0 saturated heterocycles. The standard InChI is InChI=1S/C18H16N2O4S/c1-13-9-15(25-12-19)7-8-16(13)20-17(21)10-24-18(22)11-23-14-5-3-2-4-6-14/h2-9H,10-11H2,1H3,(H,20,21). The molecule has 0 saturated carbocycles. The first-order chi connectivity index (χ1) is 12.1. The fourth-order valence-corrected chi connectivity index (χ4v) is 2.40. The van der Waals surface area contributed by atoms with Crippen molar-refractivity contribution in [3.05, 3.63) is 54.1 Å². The number of thioether (sulfide) groups is 1. The van der Waals surface area contributed by atoms with Crippen molar-refractivity contribution in [2.75, 3.05) is 18.5 Å². The fraction of sp³-hybridized carbons (Fsp3) is 0.167. The van der Waals surface area contributed by atoms with E-state index in [2.05, 4.69) is 5.32 Å². The average molecular weight is 356 g/mol. The van der Waals surface area contributed by atoms with Crippen LogP contribution < -0.4 is 10.1 Å². The van der Waals surface area contributed by atoms with E-state index in [9.17, 15) is 9.59 Å². The highest BCUT2D eigenvalue weighted by atomic mass is 32.2. The van der Waals surface area contributed by atoms with Gasteiger partial charge in [-0.2, -0.15) is 5.26 Å². The predicted molar refractivity (Wildman–Crippen MR) is 94.2 cm³/mol. The lowest BCUT2D eigenvalue weighted by atomic mass is 10.2. The number of nitriles is 1. The zero-order valence-electron chi connectivity index (χ0n) is 13.5. The summed E-state index contributed by atoms with van der Waals surface area (Å²) < 4.78 is 10.1. The van der Waals surface area contributed by atoms with Gasteiger partial charge in [-0.3, -0.25) is 4.79 Å². The van der Waals surface area contributed by atoms with E-state index in [1.807, 2.05) is 18.4 Å². The van der Waals surface area contributed by atoms with E-state index in [1.165, 1.54) is 0 Å². The second-order valence-corrected chi connectivity index (χ2v) is 5.84. The van der Waals surface area contributed by atoms with Gasteiger partial charge in [-0.15, -0.1) is 0 Å². The van der Waals surface area contributed by atoms with E-state index in [4.69, 9.17) is 14.7 Å². The summed E-state index contributed by atoms with van der Waals surface area (Å²) in [6, 6.07) is 14.1. The predicted octanol–water partition coefficient (Wildman–Crippen LogP) is 3.13. The Morgan fingerprint density at radius 2 is 1.92 bits per heavy atom. The molecule has 2 rings (SSSR count). The van der Waals surface area contributed by atoms with Crippen LogP contribution in [0.25, 0.3) is 0 Å². The monoisotopic (exact) mass is 356 g/mol. The number of aryl methyl sites for hydroxylation is 1. The van der Waals surface area contributed by atoms with Gasteiger partial charge in [-0.05, 0) is 54.6 Å². The number of thiocyanates is 1. The third-order valence-corrected chi connectivity index (χ3v) is 3.68. The van der Waals surface area contributed by atoms with Crippen molar-refractivity contribution >= 4 is 29.3 Å². The molecular formula is C18H16N2O4S. The maximum absolute atomic E-state index is 11.9. The van der Waals surface area contributed by atoms with E-state index in [-0.39, 0.29) is 6.61 Å². The summed E-state index contributed by atoms with van der Waals surface area (Å²) in [4.78, 5) is 24.3. The van der Waals surface area contributed by atoms with Crippen LogP contribution in [0, 0.1) is 17.6 Å². The zero-order chi connectivity index (χ0) is 18.1. The Bertz CT molecular complexity index is 787. The number of carbonyl (C=O) groups excluding carboxylic acids is 2. The van der Waals surface area contributed by atoms with Gasteiger partial charge in [0.25, 0.3) is 5.91 Å². The number of amides is 1. The largest absolute Gasteiger partial charge is 0.482 e. The van der Waals surface area contributed by atoms with Crippen molar-refractivity contribution in [2.24, 2.45) is 0 Å². The number of anilines is 1. The van der Waals surface area contributed by atoms with Crippen molar-refractivity contribution in [1.29, 1.82) is 5.26 Å². The van der Waals surface area contributed by atoms with Gasteiger partial charge < -0.3 is 14.8 Å². The molecule has 0 bridgehead atoms. The number of rotatable bonds is 7. The van der Waals surface area contributed by atoms with Gasteiger partial charge in [-0.1, -0.05) is 18.2 Å². The summed E-state index contributed by atoms with van der Waals surface area (Å²) in [5.74, 6) is -0.525. The van der Waals surface area contributed by atoms with Gasteiger partial charge in [-0.25, -0.2) is 4.79 Å². The van der Waals surface area contributed by atoms with Crippen LogP contribution in [0.15, 0.2) is 53.4 Å². The molecule has 0 aromatic heterocycles. The van der Waals surface area contributed by atoms with Crippen molar-refractivity contribution in [1.82, 2.24) is 0 Å². The minimum atomic E-state index is -0.628. The molecule has 1 N–H and O–H groups in total. The van der Waals surface area contributed by atoms with E-state index in [0.717, 1.165) is 22.2 Å². The Balaban J connectivity index is 1.76. The molecule has 0 heterocycles. The first-order valence-electron chi connectivity index (χ1n) is 7.38. The summed E-state index contributed by atoms with van der Waals surface area (Å²) in [7, 11) is 0. The van der Waals surface area contributed by atoms with Crippen molar-refractivity contribution in [2.45, 2.75) is 11.8 Å². The molecular weight excluding hydrogens is 340 g/mol. The Kier molecular flexibility index (Phi) is 6.87. The second-order valence-electron chi connectivity index (χ2n) is 4.98. The summed E-state index contributed by atoms with van der Waals surface area (Å²) in [5, 5.41) is 13.3. The Morgan fingerprint density at radius 1 is 1.16 bits per heavy atom. The fourth-order valence-electron chi connectivity index (χ4n) is 1.93. The van der Waals surface area contributed by atoms with Gasteiger partial charge in [0.2, 0.25) is 0 Å². The number of carbonyl (C=O) groups is 2. The quantitative estimate of drug-likeness (QED) is 0.466. The number of nitrogens with one attached hydrogen (secondary N) is 1. The third kappa shape index (κ3) is 6.20. The van der Waals surface area contributed by atoms with Crippen LogP contribution in [0.4, 0.5) is 5.69 Å². The summed E-state index contributed by atoms with van der Waals surface area (Å²) in [6.45, 7) is 1.15. The number of hydrogen-bond acceptors (Lipinski definition) is 6. The number of esters is 1. The number of benzene rings is 2. The van der Waals surface area contributed by atoms with Crippen LogP contribution in [0.5, 0.6) is 5.75 Å². The second kappa shape index (κ2) is 9.35. The number of hydrogen-bond donors (Lipinski definition) is 1. The molecule has 0 aliphatic heterocycles. The van der Waals surface area contributed by atoms with Gasteiger partial charge in [0.05, 0.1) is 0 Å². The molecule has 0 aliphatic rings. The number of ether oxygens (including phenoxy) is 2. The van der Waals surface area contributed by atoms with Crippen LogP contribution in [0.3, 0.4) is 0 Å². The van der Waals surface area contributed by atoms with Crippen molar-refractivity contribution in [3.8, 4) is 11.2 Å². The topological polar surface area (TPSA) is 88.4 Å². The van der Waals surface area contributed by atoms with Gasteiger partial charge in [0.15, 0.2) is 13.2 Å². The van der Waals surface area contributed by atoms with E-state index < -0.39 is 18.5 Å². The Hall–Kier alpha value is -2.98. The molecule has 0 atom stereocenters. The first kappa shape index (κ1) is 18.4. The lowest BCUT2D eigenvalue weighted by Crippen LogP contribution is -2.24. The Labute approximate surface area is 149 Å².